The number of amides is 1. The summed E-state index contributed by atoms with van der Waals surface area (Å²) in [5.74, 6) is 0.908. The normalized spacial score (nSPS) is 17.1. The third kappa shape index (κ3) is 4.33. The number of benzene rings is 1. The molecule has 0 aromatic heterocycles. The van der Waals surface area contributed by atoms with Crippen LogP contribution in [0.3, 0.4) is 0 Å². The Morgan fingerprint density at radius 2 is 1.68 bits per heavy atom. The van der Waals surface area contributed by atoms with Crippen LogP contribution in [0, 0.1) is 5.92 Å². The van der Waals surface area contributed by atoms with Crippen molar-refractivity contribution in [1.82, 2.24) is 9.80 Å². The maximum absolute atomic E-state index is 12.6. The average molecular weight is 302 g/mol. The van der Waals surface area contributed by atoms with Crippen LogP contribution in [0.5, 0.6) is 0 Å². The molecule has 122 valence electrons. The molecule has 22 heavy (non-hydrogen) atoms. The number of piperidine rings is 1. The van der Waals surface area contributed by atoms with Crippen LogP contribution in [0.2, 0.25) is 0 Å². The lowest BCUT2D eigenvalue weighted by Crippen LogP contribution is -2.40. The summed E-state index contributed by atoms with van der Waals surface area (Å²) in [4.78, 5) is 16.9. The zero-order chi connectivity index (χ0) is 16.3. The van der Waals surface area contributed by atoms with Crippen LogP contribution < -0.4 is 0 Å². The van der Waals surface area contributed by atoms with Gasteiger partial charge in [0, 0.05) is 25.2 Å². The van der Waals surface area contributed by atoms with Gasteiger partial charge in [-0.2, -0.15) is 0 Å². The molecule has 1 heterocycles. The first-order valence-electron chi connectivity index (χ1n) is 8.32. The molecule has 0 saturated carbocycles. The molecule has 1 aliphatic heterocycles. The molecular formula is C19H30N2O. The number of rotatable bonds is 3. The highest BCUT2D eigenvalue weighted by molar-refractivity contribution is 5.94. The van der Waals surface area contributed by atoms with E-state index in [9.17, 15) is 4.79 Å². The molecule has 1 aromatic carbocycles. The highest BCUT2D eigenvalue weighted by Gasteiger charge is 2.24. The molecule has 1 fully saturated rings. The lowest BCUT2D eigenvalue weighted by molar-refractivity contribution is 0.0678. The molecule has 1 aliphatic rings. The van der Waals surface area contributed by atoms with Gasteiger partial charge in [-0.1, -0.05) is 32.9 Å². The highest BCUT2D eigenvalue weighted by atomic mass is 16.2. The van der Waals surface area contributed by atoms with Gasteiger partial charge in [-0.15, -0.1) is 0 Å². The SMILES string of the molecule is CN(C)CC1CCN(C(=O)c2ccc(C(C)(C)C)cc2)CC1. The Kier molecular flexibility index (Phi) is 5.28. The van der Waals surface area contributed by atoms with E-state index in [1.54, 1.807) is 0 Å². The van der Waals surface area contributed by atoms with Gasteiger partial charge in [0.15, 0.2) is 0 Å². The van der Waals surface area contributed by atoms with E-state index in [1.165, 1.54) is 5.56 Å². The Morgan fingerprint density at radius 1 is 1.14 bits per heavy atom. The van der Waals surface area contributed by atoms with Gasteiger partial charge in [0.2, 0.25) is 0 Å². The Bertz CT molecular complexity index is 491. The maximum Gasteiger partial charge on any atom is 0.253 e. The van der Waals surface area contributed by atoms with E-state index < -0.39 is 0 Å². The fourth-order valence-corrected chi connectivity index (χ4v) is 3.13. The predicted molar refractivity (Wildman–Crippen MR) is 92.3 cm³/mol. The van der Waals surface area contributed by atoms with Crippen LogP contribution >= 0.6 is 0 Å². The fourth-order valence-electron chi connectivity index (χ4n) is 3.13. The second-order valence-corrected chi connectivity index (χ2v) is 7.83. The van der Waals surface area contributed by atoms with Crippen LogP contribution in [-0.4, -0.2) is 49.4 Å². The summed E-state index contributed by atoms with van der Waals surface area (Å²) in [6.07, 6.45) is 2.23. The number of carbonyl (C=O) groups is 1. The first kappa shape index (κ1) is 17.0. The molecule has 0 aliphatic carbocycles. The van der Waals surface area contributed by atoms with Crippen molar-refractivity contribution in [3.63, 3.8) is 0 Å². The van der Waals surface area contributed by atoms with Gasteiger partial charge in [0.05, 0.1) is 0 Å². The Balaban J connectivity index is 1.95. The summed E-state index contributed by atoms with van der Waals surface area (Å²) in [5, 5.41) is 0. The van der Waals surface area contributed by atoms with Crippen LogP contribution in [0.25, 0.3) is 0 Å². The minimum absolute atomic E-state index is 0.131. The average Bonchev–Trinajstić information content (AvgIpc) is 2.46. The van der Waals surface area contributed by atoms with Gasteiger partial charge in [-0.3, -0.25) is 4.79 Å². The highest BCUT2D eigenvalue weighted by Crippen LogP contribution is 2.24. The van der Waals surface area contributed by atoms with E-state index in [0.717, 1.165) is 44.0 Å². The second kappa shape index (κ2) is 6.82. The summed E-state index contributed by atoms with van der Waals surface area (Å²) in [6, 6.07) is 8.14. The van der Waals surface area contributed by atoms with Gasteiger partial charge >= 0.3 is 0 Å². The number of likely N-dealkylation sites (tertiary alicyclic amines) is 1. The Morgan fingerprint density at radius 3 is 2.14 bits per heavy atom. The van der Waals surface area contributed by atoms with Gasteiger partial charge < -0.3 is 9.80 Å². The van der Waals surface area contributed by atoms with E-state index in [2.05, 4.69) is 51.9 Å². The molecule has 1 aromatic rings. The minimum atomic E-state index is 0.131. The van der Waals surface area contributed by atoms with Crippen LogP contribution in [0.1, 0.15) is 49.5 Å². The molecule has 3 nitrogen and oxygen atoms in total. The lowest BCUT2D eigenvalue weighted by atomic mass is 9.86. The molecule has 0 radical (unpaired) electrons. The molecule has 1 amide bonds. The first-order chi connectivity index (χ1) is 10.3. The summed E-state index contributed by atoms with van der Waals surface area (Å²) in [5.41, 5.74) is 2.22. The van der Waals surface area contributed by atoms with Gasteiger partial charge in [0.1, 0.15) is 0 Å². The summed E-state index contributed by atoms with van der Waals surface area (Å²) in [6.45, 7) is 9.48. The standard InChI is InChI=1S/C19H30N2O/c1-19(2,3)17-8-6-16(7-9-17)18(22)21-12-10-15(11-13-21)14-20(4)5/h6-9,15H,10-14H2,1-5H3. The number of carbonyl (C=O) groups excluding carboxylic acids is 1. The van der Waals surface area contributed by atoms with E-state index in [1.807, 2.05) is 17.0 Å². The molecule has 0 atom stereocenters. The fraction of sp³-hybridized carbons (Fsp3) is 0.632. The predicted octanol–water partition coefficient (Wildman–Crippen LogP) is 3.40. The lowest BCUT2D eigenvalue weighted by Gasteiger charge is -2.33. The molecule has 0 unspecified atom stereocenters. The van der Waals surface area contributed by atoms with Crippen molar-refractivity contribution in [1.29, 1.82) is 0 Å². The third-order valence-electron chi connectivity index (χ3n) is 4.52. The Hall–Kier alpha value is -1.35. The quantitative estimate of drug-likeness (QED) is 0.854. The molecule has 3 heteroatoms. The van der Waals surface area contributed by atoms with Crippen molar-refractivity contribution in [3.05, 3.63) is 35.4 Å². The minimum Gasteiger partial charge on any atom is -0.339 e. The molecule has 2 rings (SSSR count). The van der Waals surface area contributed by atoms with Crippen LogP contribution in [0.4, 0.5) is 0 Å². The number of nitrogens with zero attached hydrogens (tertiary/aromatic N) is 2. The van der Waals surface area contributed by atoms with E-state index in [0.29, 0.717) is 0 Å². The largest absolute Gasteiger partial charge is 0.339 e. The summed E-state index contributed by atoms with van der Waals surface area (Å²) in [7, 11) is 4.24. The van der Waals surface area contributed by atoms with E-state index >= 15 is 0 Å². The van der Waals surface area contributed by atoms with Crippen LogP contribution in [0.15, 0.2) is 24.3 Å². The van der Waals surface area contributed by atoms with E-state index in [-0.39, 0.29) is 11.3 Å². The Labute approximate surface area is 135 Å². The monoisotopic (exact) mass is 302 g/mol. The zero-order valence-corrected chi connectivity index (χ0v) is 14.7. The third-order valence-corrected chi connectivity index (χ3v) is 4.52. The van der Waals surface area contributed by atoms with Crippen LogP contribution in [-0.2, 0) is 5.41 Å². The molecule has 0 spiro atoms. The summed E-state index contributed by atoms with van der Waals surface area (Å²) < 4.78 is 0. The van der Waals surface area contributed by atoms with Crippen molar-refractivity contribution < 1.29 is 4.79 Å². The van der Waals surface area contributed by atoms with Crippen molar-refractivity contribution in [2.24, 2.45) is 5.92 Å². The van der Waals surface area contributed by atoms with Gasteiger partial charge in [-0.05, 0) is 56.0 Å². The summed E-state index contributed by atoms with van der Waals surface area (Å²) >= 11 is 0. The van der Waals surface area contributed by atoms with Gasteiger partial charge in [-0.25, -0.2) is 0 Å². The smallest absolute Gasteiger partial charge is 0.253 e. The first-order valence-corrected chi connectivity index (χ1v) is 8.32. The van der Waals surface area contributed by atoms with E-state index in [4.69, 9.17) is 0 Å². The van der Waals surface area contributed by atoms with Crippen molar-refractivity contribution in [3.8, 4) is 0 Å². The van der Waals surface area contributed by atoms with Crippen molar-refractivity contribution >= 4 is 5.91 Å². The molecule has 0 bridgehead atoms. The molecular weight excluding hydrogens is 272 g/mol. The molecule has 1 saturated heterocycles. The topological polar surface area (TPSA) is 23.6 Å². The van der Waals surface area contributed by atoms with Crippen molar-refractivity contribution in [2.45, 2.75) is 39.0 Å². The second-order valence-electron chi connectivity index (χ2n) is 7.83. The molecule has 0 N–H and O–H groups in total. The maximum atomic E-state index is 12.6. The zero-order valence-electron chi connectivity index (χ0n) is 14.7. The number of hydrogen-bond acceptors (Lipinski definition) is 2. The van der Waals surface area contributed by atoms with Gasteiger partial charge in [0.25, 0.3) is 5.91 Å². The van der Waals surface area contributed by atoms with Crippen molar-refractivity contribution in [2.75, 3.05) is 33.7 Å². The number of hydrogen-bond donors (Lipinski definition) is 0.